The van der Waals surface area contributed by atoms with Gasteiger partial charge in [-0.25, -0.2) is 9.97 Å². The van der Waals surface area contributed by atoms with Gasteiger partial charge in [0, 0.05) is 30.8 Å². The normalized spacial score (nSPS) is 26.8. The molecule has 2 aliphatic rings. The third kappa shape index (κ3) is 4.65. The molecule has 0 spiro atoms. The first kappa shape index (κ1) is 21.0. The van der Waals surface area contributed by atoms with Crippen molar-refractivity contribution < 1.29 is 9.53 Å². The summed E-state index contributed by atoms with van der Waals surface area (Å²) in [5, 5.41) is 3.29. The fourth-order valence-electron chi connectivity index (χ4n) is 4.61. The van der Waals surface area contributed by atoms with E-state index in [4.69, 9.17) is 9.72 Å². The number of hydrogen-bond donors (Lipinski definition) is 1. The van der Waals surface area contributed by atoms with E-state index in [9.17, 15) is 4.79 Å². The number of nitrogens with zero attached hydrogens (tertiary/aromatic N) is 3. The summed E-state index contributed by atoms with van der Waals surface area (Å²) in [6.07, 6.45) is 5.85. The molecule has 0 unspecified atom stereocenters. The molecule has 156 valence electrons. The maximum absolute atomic E-state index is 12.7. The minimum atomic E-state index is -0.0107. The summed E-state index contributed by atoms with van der Waals surface area (Å²) in [5.41, 5.74) is 2.25. The Balaban J connectivity index is 1.85. The molecule has 6 heteroatoms. The molecule has 3 rings (SSSR count). The summed E-state index contributed by atoms with van der Waals surface area (Å²) in [6, 6.07) is -0.0107. The summed E-state index contributed by atoms with van der Waals surface area (Å²) in [6.45, 7) is 14.5. The maximum Gasteiger partial charge on any atom is 0.225 e. The molecular weight excluding hydrogens is 352 g/mol. The Hall–Kier alpha value is -1.69. The monoisotopic (exact) mass is 388 g/mol. The zero-order valence-electron chi connectivity index (χ0n) is 18.3. The third-order valence-corrected chi connectivity index (χ3v) is 6.04. The van der Waals surface area contributed by atoms with Gasteiger partial charge in [-0.2, -0.15) is 0 Å². The molecule has 1 aliphatic carbocycles. The highest BCUT2D eigenvalue weighted by atomic mass is 16.5. The quantitative estimate of drug-likeness (QED) is 0.834. The van der Waals surface area contributed by atoms with E-state index in [-0.39, 0.29) is 35.5 Å². The number of ether oxygens (including phenoxy) is 1. The lowest BCUT2D eigenvalue weighted by molar-refractivity contribution is -0.126. The Morgan fingerprint density at radius 1 is 1.29 bits per heavy atom. The summed E-state index contributed by atoms with van der Waals surface area (Å²) < 4.78 is 5.84. The molecule has 1 aromatic heterocycles. The molecule has 1 aliphatic heterocycles. The van der Waals surface area contributed by atoms with Crippen LogP contribution in [-0.4, -0.2) is 41.2 Å². The van der Waals surface area contributed by atoms with Crippen molar-refractivity contribution in [1.29, 1.82) is 0 Å². The number of nitrogens with one attached hydrogen (secondary N) is 1. The number of hydrogen-bond acceptors (Lipinski definition) is 5. The number of carbonyl (C=O) groups excluding carboxylic acids is 1. The van der Waals surface area contributed by atoms with E-state index in [1.807, 2.05) is 6.20 Å². The molecule has 1 amide bonds. The first-order valence-electron chi connectivity index (χ1n) is 10.8. The van der Waals surface area contributed by atoms with E-state index in [1.54, 1.807) is 0 Å². The molecule has 28 heavy (non-hydrogen) atoms. The fraction of sp³-hybridized carbons (Fsp3) is 0.773. The highest BCUT2D eigenvalue weighted by molar-refractivity contribution is 5.79. The van der Waals surface area contributed by atoms with E-state index in [0.717, 1.165) is 56.0 Å². The zero-order valence-corrected chi connectivity index (χ0v) is 18.3. The molecule has 1 aromatic rings. The van der Waals surface area contributed by atoms with Crippen molar-refractivity contribution in [2.24, 2.45) is 11.3 Å². The Morgan fingerprint density at radius 2 is 1.93 bits per heavy atom. The molecule has 6 nitrogen and oxygen atoms in total. The van der Waals surface area contributed by atoms with Gasteiger partial charge in [0.25, 0.3) is 0 Å². The van der Waals surface area contributed by atoms with Gasteiger partial charge in [0.2, 0.25) is 11.9 Å². The van der Waals surface area contributed by atoms with E-state index in [2.05, 4.69) is 56.7 Å². The van der Waals surface area contributed by atoms with Gasteiger partial charge in [0.1, 0.15) is 0 Å². The van der Waals surface area contributed by atoms with Crippen LogP contribution in [0.15, 0.2) is 6.20 Å². The second-order valence-corrected chi connectivity index (χ2v) is 9.35. The van der Waals surface area contributed by atoms with E-state index in [1.165, 1.54) is 0 Å². The molecule has 1 fully saturated rings. The molecule has 0 aromatic carbocycles. The number of rotatable bonds is 5. The van der Waals surface area contributed by atoms with Crippen molar-refractivity contribution in [2.45, 2.75) is 85.5 Å². The average molecular weight is 389 g/mol. The molecule has 2 heterocycles. The lowest BCUT2D eigenvalue weighted by Gasteiger charge is -2.39. The number of aromatic nitrogens is 2. The predicted octanol–water partition coefficient (Wildman–Crippen LogP) is 3.66. The fourth-order valence-corrected chi connectivity index (χ4v) is 4.61. The van der Waals surface area contributed by atoms with Crippen LogP contribution >= 0.6 is 0 Å². The van der Waals surface area contributed by atoms with Crippen LogP contribution in [0.4, 0.5) is 5.95 Å². The van der Waals surface area contributed by atoms with Crippen LogP contribution in [0.1, 0.15) is 78.1 Å². The molecular formula is C22H36N4O2. The lowest BCUT2D eigenvalue weighted by Crippen LogP contribution is -2.46. The van der Waals surface area contributed by atoms with E-state index >= 15 is 0 Å². The average Bonchev–Trinajstić information content (AvgIpc) is 2.60. The smallest absolute Gasteiger partial charge is 0.225 e. The topological polar surface area (TPSA) is 67.4 Å². The first-order chi connectivity index (χ1) is 13.2. The maximum atomic E-state index is 12.7. The van der Waals surface area contributed by atoms with Crippen LogP contribution < -0.4 is 10.2 Å². The summed E-state index contributed by atoms with van der Waals surface area (Å²) in [4.78, 5) is 24.6. The minimum Gasteiger partial charge on any atom is -0.372 e. The van der Waals surface area contributed by atoms with Crippen LogP contribution in [0.5, 0.6) is 0 Å². The summed E-state index contributed by atoms with van der Waals surface area (Å²) in [5.74, 6) is 1.01. The Bertz CT molecular complexity index is 692. The highest BCUT2D eigenvalue weighted by Gasteiger charge is 2.36. The van der Waals surface area contributed by atoms with Crippen molar-refractivity contribution >= 4 is 11.9 Å². The number of morpholine rings is 1. The number of fused-ring (bicyclic) bond motifs is 1. The van der Waals surface area contributed by atoms with E-state index in [0.29, 0.717) is 0 Å². The van der Waals surface area contributed by atoms with Gasteiger partial charge in [-0.1, -0.05) is 27.7 Å². The van der Waals surface area contributed by atoms with Gasteiger partial charge in [0.15, 0.2) is 0 Å². The SMILES string of the molecule is CCC(CC)C(=O)N[C@H]1CC(C)(C)Cc2nc(N3C[C@@H](C)O[C@@H](C)C3)ncc21. The predicted molar refractivity (Wildman–Crippen MR) is 111 cm³/mol. The van der Waals surface area contributed by atoms with Crippen LogP contribution in [0.2, 0.25) is 0 Å². The van der Waals surface area contributed by atoms with Crippen LogP contribution in [0.3, 0.4) is 0 Å². The van der Waals surface area contributed by atoms with Gasteiger partial charge in [0.05, 0.1) is 23.9 Å². The molecule has 0 saturated carbocycles. The third-order valence-electron chi connectivity index (χ3n) is 6.04. The van der Waals surface area contributed by atoms with Crippen molar-refractivity contribution in [3.63, 3.8) is 0 Å². The molecule has 1 saturated heterocycles. The minimum absolute atomic E-state index is 0.0107. The number of amides is 1. The second-order valence-electron chi connectivity index (χ2n) is 9.35. The second kappa shape index (κ2) is 8.36. The van der Waals surface area contributed by atoms with E-state index < -0.39 is 0 Å². The Labute approximate surface area is 169 Å². The Morgan fingerprint density at radius 3 is 2.54 bits per heavy atom. The molecule has 0 bridgehead atoms. The standard InChI is InChI=1S/C22H36N4O2/c1-7-16(8-2)20(27)24-18-9-22(5,6)10-19-17(18)11-23-21(25-19)26-12-14(3)28-15(4)13-26/h11,14-16,18H,7-10,12-13H2,1-6H3,(H,24,27)/t14-,15+,18-/m0/s1. The van der Waals surface area contributed by atoms with Crippen LogP contribution in [0.25, 0.3) is 0 Å². The summed E-state index contributed by atoms with van der Waals surface area (Å²) >= 11 is 0. The zero-order chi connectivity index (χ0) is 20.5. The van der Waals surface area contributed by atoms with Crippen molar-refractivity contribution in [2.75, 3.05) is 18.0 Å². The molecule has 1 N–H and O–H groups in total. The van der Waals surface area contributed by atoms with Gasteiger partial charge < -0.3 is 15.0 Å². The Kier molecular flexibility index (Phi) is 6.28. The van der Waals surface area contributed by atoms with Crippen LogP contribution in [0, 0.1) is 11.3 Å². The van der Waals surface area contributed by atoms with Crippen molar-refractivity contribution in [1.82, 2.24) is 15.3 Å². The first-order valence-corrected chi connectivity index (χ1v) is 10.8. The van der Waals surface area contributed by atoms with Crippen molar-refractivity contribution in [3.05, 3.63) is 17.5 Å². The van der Waals surface area contributed by atoms with Crippen LogP contribution in [-0.2, 0) is 16.0 Å². The lowest BCUT2D eigenvalue weighted by atomic mass is 9.74. The summed E-state index contributed by atoms with van der Waals surface area (Å²) in [7, 11) is 0. The number of carbonyl (C=O) groups is 1. The molecule has 3 atom stereocenters. The molecule has 0 radical (unpaired) electrons. The largest absolute Gasteiger partial charge is 0.372 e. The number of anilines is 1. The van der Waals surface area contributed by atoms with Gasteiger partial charge in [-0.3, -0.25) is 4.79 Å². The van der Waals surface area contributed by atoms with Gasteiger partial charge in [-0.15, -0.1) is 0 Å². The van der Waals surface area contributed by atoms with Crippen molar-refractivity contribution in [3.8, 4) is 0 Å². The highest BCUT2D eigenvalue weighted by Crippen LogP contribution is 2.40. The van der Waals surface area contributed by atoms with Gasteiger partial charge in [-0.05, 0) is 44.9 Å². The van der Waals surface area contributed by atoms with Gasteiger partial charge >= 0.3 is 0 Å².